The number of oxime groups is 1. The number of amides is 2. The summed E-state index contributed by atoms with van der Waals surface area (Å²) in [6, 6.07) is 0.715. The van der Waals surface area contributed by atoms with Crippen molar-refractivity contribution in [2.24, 2.45) is 5.16 Å². The topological polar surface area (TPSA) is 121 Å². The van der Waals surface area contributed by atoms with Crippen molar-refractivity contribution in [1.29, 1.82) is 0 Å². The highest BCUT2D eigenvalue weighted by Gasteiger charge is 2.27. The molecule has 0 aromatic carbocycles. The van der Waals surface area contributed by atoms with Gasteiger partial charge in [0.2, 0.25) is 0 Å². The summed E-state index contributed by atoms with van der Waals surface area (Å²) >= 11 is 0. The fourth-order valence-corrected chi connectivity index (χ4v) is 4.55. The van der Waals surface area contributed by atoms with Gasteiger partial charge in [-0.05, 0) is 58.5 Å². The van der Waals surface area contributed by atoms with E-state index in [9.17, 15) is 4.79 Å². The normalized spacial score (nSPS) is 21.1. The van der Waals surface area contributed by atoms with E-state index in [0.717, 1.165) is 32.2 Å². The van der Waals surface area contributed by atoms with Crippen LogP contribution >= 0.6 is 0 Å². The molecule has 2 aliphatic heterocycles. The summed E-state index contributed by atoms with van der Waals surface area (Å²) in [4.78, 5) is 30.5. The predicted molar refractivity (Wildman–Crippen MR) is 127 cm³/mol. The lowest BCUT2D eigenvalue weighted by molar-refractivity contribution is 0.215. The summed E-state index contributed by atoms with van der Waals surface area (Å²) in [5, 5.41) is 10.1. The monoisotopic (exact) mass is 446 g/mol. The number of carbonyl (C=O) groups is 1. The molecule has 2 amide bonds. The second kappa shape index (κ2) is 11.8. The van der Waals surface area contributed by atoms with E-state index >= 15 is 0 Å². The number of nitrogens with zero attached hydrogens (tertiary/aromatic N) is 5. The maximum Gasteiger partial charge on any atom is 0.315 e. The van der Waals surface area contributed by atoms with Gasteiger partial charge in [0.1, 0.15) is 25.1 Å². The molecular weight excluding hydrogens is 408 g/mol. The molecule has 0 aliphatic carbocycles. The van der Waals surface area contributed by atoms with Gasteiger partial charge in [0.05, 0.1) is 11.8 Å². The molecule has 178 valence electrons. The fourth-order valence-electron chi connectivity index (χ4n) is 4.55. The van der Waals surface area contributed by atoms with Crippen LogP contribution in [0, 0.1) is 0 Å². The van der Waals surface area contributed by atoms with Crippen LogP contribution in [0.4, 0.5) is 16.4 Å². The van der Waals surface area contributed by atoms with Crippen molar-refractivity contribution >= 4 is 23.9 Å². The molecule has 3 unspecified atom stereocenters. The minimum Gasteiger partial charge on any atom is -0.399 e. The Bertz CT molecular complexity index is 768. The van der Waals surface area contributed by atoms with Gasteiger partial charge in [0, 0.05) is 31.2 Å². The van der Waals surface area contributed by atoms with Gasteiger partial charge in [-0.25, -0.2) is 14.8 Å². The van der Waals surface area contributed by atoms with Crippen molar-refractivity contribution in [3.05, 3.63) is 11.9 Å². The molecule has 2 aliphatic rings. The van der Waals surface area contributed by atoms with Gasteiger partial charge in [0.15, 0.2) is 0 Å². The van der Waals surface area contributed by atoms with E-state index in [0.29, 0.717) is 29.8 Å². The first kappa shape index (κ1) is 24.0. The van der Waals surface area contributed by atoms with Crippen LogP contribution in [0.15, 0.2) is 11.5 Å². The SMILES string of the molecule is CCC(CCC(C)N1CCCC1)NC(=O)NC1CCN(c2ncnc(N)c2/C=N/OC)C1. The van der Waals surface area contributed by atoms with Crippen molar-refractivity contribution in [3.63, 3.8) is 0 Å². The Balaban J connectivity index is 1.48. The van der Waals surface area contributed by atoms with E-state index in [1.54, 1.807) is 0 Å². The molecule has 2 fully saturated rings. The molecule has 1 aromatic rings. The first-order chi connectivity index (χ1) is 15.5. The Kier molecular flexibility index (Phi) is 8.90. The molecule has 3 heterocycles. The van der Waals surface area contributed by atoms with Gasteiger partial charge >= 0.3 is 6.03 Å². The quantitative estimate of drug-likeness (QED) is 0.371. The van der Waals surface area contributed by atoms with E-state index in [2.05, 4.69) is 49.4 Å². The van der Waals surface area contributed by atoms with E-state index in [1.807, 2.05) is 0 Å². The molecule has 3 atom stereocenters. The van der Waals surface area contributed by atoms with Crippen molar-refractivity contribution in [1.82, 2.24) is 25.5 Å². The summed E-state index contributed by atoms with van der Waals surface area (Å²) in [7, 11) is 1.47. The standard InChI is InChI=1S/C22H38N8O2/c1-4-17(8-7-16(2)29-10-5-6-11-29)27-22(31)28-18-9-12-30(14-18)21-19(13-26-32-3)20(23)24-15-25-21/h13,15-18H,4-12,14H2,1-3H3,(H2,23,24,25)(H2,27,28,31)/b26-13+. The van der Waals surface area contributed by atoms with Gasteiger partial charge in [0.25, 0.3) is 0 Å². The average molecular weight is 447 g/mol. The Morgan fingerprint density at radius 1 is 1.34 bits per heavy atom. The summed E-state index contributed by atoms with van der Waals surface area (Å²) in [6.45, 7) is 8.27. The summed E-state index contributed by atoms with van der Waals surface area (Å²) < 4.78 is 0. The molecule has 32 heavy (non-hydrogen) atoms. The smallest absolute Gasteiger partial charge is 0.315 e. The number of hydrogen-bond acceptors (Lipinski definition) is 8. The molecule has 2 saturated heterocycles. The van der Waals surface area contributed by atoms with Crippen LogP contribution < -0.4 is 21.3 Å². The lowest BCUT2D eigenvalue weighted by atomic mass is 10.0. The van der Waals surface area contributed by atoms with Gasteiger partial charge in [-0.2, -0.15) is 0 Å². The molecule has 0 saturated carbocycles. The van der Waals surface area contributed by atoms with Crippen LogP contribution in [-0.2, 0) is 4.84 Å². The highest BCUT2D eigenvalue weighted by molar-refractivity contribution is 5.91. The molecular formula is C22H38N8O2. The maximum absolute atomic E-state index is 12.6. The Labute approximate surface area is 191 Å². The second-order valence-electron chi connectivity index (χ2n) is 8.74. The van der Waals surface area contributed by atoms with Gasteiger partial charge in [-0.1, -0.05) is 12.1 Å². The van der Waals surface area contributed by atoms with Gasteiger partial charge in [-0.3, -0.25) is 0 Å². The largest absolute Gasteiger partial charge is 0.399 e. The number of nitrogens with two attached hydrogens (primary N) is 1. The number of anilines is 2. The number of nitrogens with one attached hydrogen (secondary N) is 2. The zero-order chi connectivity index (χ0) is 22.9. The lowest BCUT2D eigenvalue weighted by Gasteiger charge is -2.26. The third-order valence-corrected chi connectivity index (χ3v) is 6.53. The molecule has 4 N–H and O–H groups in total. The number of aromatic nitrogens is 2. The molecule has 10 nitrogen and oxygen atoms in total. The third-order valence-electron chi connectivity index (χ3n) is 6.53. The van der Waals surface area contributed by atoms with E-state index in [4.69, 9.17) is 10.6 Å². The number of carbonyl (C=O) groups excluding carboxylic acids is 1. The lowest BCUT2D eigenvalue weighted by Crippen LogP contribution is -2.47. The molecule has 0 spiro atoms. The molecule has 10 heteroatoms. The zero-order valence-electron chi connectivity index (χ0n) is 19.6. The highest BCUT2D eigenvalue weighted by Crippen LogP contribution is 2.24. The maximum atomic E-state index is 12.6. The van der Waals surface area contributed by atoms with Crippen molar-refractivity contribution in [2.45, 2.75) is 70.5 Å². The summed E-state index contributed by atoms with van der Waals surface area (Å²) in [5.74, 6) is 1.05. The number of likely N-dealkylation sites (tertiary alicyclic amines) is 1. The number of rotatable bonds is 10. The van der Waals surface area contributed by atoms with Gasteiger partial charge < -0.3 is 31.0 Å². The third kappa shape index (κ3) is 6.44. The highest BCUT2D eigenvalue weighted by atomic mass is 16.6. The molecule has 3 rings (SSSR count). The van der Waals surface area contributed by atoms with E-state index in [-0.39, 0.29) is 18.1 Å². The summed E-state index contributed by atoms with van der Waals surface area (Å²) in [5.41, 5.74) is 6.62. The number of urea groups is 1. The molecule has 1 aromatic heterocycles. The van der Waals surface area contributed by atoms with Crippen molar-refractivity contribution < 1.29 is 9.63 Å². The van der Waals surface area contributed by atoms with Crippen LogP contribution in [0.2, 0.25) is 0 Å². The van der Waals surface area contributed by atoms with E-state index < -0.39 is 0 Å². The summed E-state index contributed by atoms with van der Waals surface area (Å²) in [6.07, 6.45) is 9.45. The van der Waals surface area contributed by atoms with Crippen LogP contribution in [-0.4, -0.2) is 78.5 Å². The van der Waals surface area contributed by atoms with Crippen LogP contribution in [0.5, 0.6) is 0 Å². The van der Waals surface area contributed by atoms with E-state index in [1.165, 1.54) is 45.6 Å². The Morgan fingerprint density at radius 3 is 2.84 bits per heavy atom. The minimum atomic E-state index is -0.0964. The minimum absolute atomic E-state index is 0.0411. The first-order valence-electron chi connectivity index (χ1n) is 11.7. The Morgan fingerprint density at radius 2 is 2.12 bits per heavy atom. The average Bonchev–Trinajstić information content (AvgIpc) is 3.48. The molecule has 0 radical (unpaired) electrons. The van der Waals surface area contributed by atoms with Crippen LogP contribution in [0.1, 0.15) is 57.9 Å². The predicted octanol–water partition coefficient (Wildman–Crippen LogP) is 1.96. The van der Waals surface area contributed by atoms with Crippen molar-refractivity contribution in [2.75, 3.05) is 43.9 Å². The first-order valence-corrected chi connectivity index (χ1v) is 11.7. The van der Waals surface area contributed by atoms with Crippen molar-refractivity contribution in [3.8, 4) is 0 Å². The van der Waals surface area contributed by atoms with Crippen LogP contribution in [0.25, 0.3) is 0 Å². The second-order valence-corrected chi connectivity index (χ2v) is 8.74. The van der Waals surface area contributed by atoms with Gasteiger partial charge in [-0.15, -0.1) is 0 Å². The number of nitrogen functional groups attached to an aromatic ring is 1. The molecule has 0 bridgehead atoms. The number of hydrogen-bond donors (Lipinski definition) is 3. The fraction of sp³-hybridized carbons (Fsp3) is 0.727. The Hall–Kier alpha value is -2.62. The van der Waals surface area contributed by atoms with Crippen LogP contribution in [0.3, 0.4) is 0 Å². The zero-order valence-corrected chi connectivity index (χ0v) is 19.6.